The summed E-state index contributed by atoms with van der Waals surface area (Å²) in [5.41, 5.74) is 1.89. The van der Waals surface area contributed by atoms with Gasteiger partial charge in [0, 0.05) is 5.69 Å². The first-order chi connectivity index (χ1) is 13.0. The summed E-state index contributed by atoms with van der Waals surface area (Å²) in [4.78, 5) is 38.0. The van der Waals surface area contributed by atoms with Crippen molar-refractivity contribution >= 4 is 23.5 Å². The lowest BCUT2D eigenvalue weighted by molar-refractivity contribution is -0.134. The van der Waals surface area contributed by atoms with E-state index >= 15 is 0 Å². The fraction of sp³-hybridized carbons (Fsp3) is 0.286. The average molecular weight is 363 g/mol. The molecule has 1 aliphatic carbocycles. The maximum absolute atomic E-state index is 12.6. The summed E-state index contributed by atoms with van der Waals surface area (Å²) in [6, 6.07) is 16.9. The molecule has 1 aliphatic heterocycles. The van der Waals surface area contributed by atoms with Crippen LogP contribution < -0.4 is 10.6 Å². The van der Waals surface area contributed by atoms with Gasteiger partial charge in [0.25, 0.3) is 5.91 Å². The summed E-state index contributed by atoms with van der Waals surface area (Å²) in [5, 5.41) is 5.49. The molecule has 2 aromatic carbocycles. The minimum absolute atomic E-state index is 0.174. The predicted molar refractivity (Wildman–Crippen MR) is 102 cm³/mol. The largest absolute Gasteiger partial charge is 0.325 e. The van der Waals surface area contributed by atoms with Gasteiger partial charge in [0.1, 0.15) is 12.1 Å². The van der Waals surface area contributed by atoms with E-state index in [1.165, 1.54) is 0 Å². The second-order valence-electron chi connectivity index (χ2n) is 7.29. The van der Waals surface area contributed by atoms with Crippen LogP contribution in [-0.4, -0.2) is 34.8 Å². The molecular weight excluding hydrogens is 342 g/mol. The van der Waals surface area contributed by atoms with Crippen molar-refractivity contribution in [2.24, 2.45) is 5.92 Å². The Kier molecular flexibility index (Phi) is 4.18. The zero-order valence-electron chi connectivity index (χ0n) is 15.1. The van der Waals surface area contributed by atoms with Crippen molar-refractivity contribution in [1.29, 1.82) is 0 Å². The predicted octanol–water partition coefficient (Wildman–Crippen LogP) is 3.01. The lowest BCUT2D eigenvalue weighted by Crippen LogP contribution is -2.46. The standard InChI is InChI=1S/C21H21N3O3/c1-21(16-9-10-16)19(26)24(20(27)23-21)13-18(25)22-17-11-7-15(8-12-17)14-5-3-2-4-6-14/h2-8,11-12,16H,9-10,13H2,1H3,(H,22,25)(H,23,27)/t21-/m0/s1. The van der Waals surface area contributed by atoms with Gasteiger partial charge in [-0.3, -0.25) is 14.5 Å². The zero-order chi connectivity index (χ0) is 19.0. The van der Waals surface area contributed by atoms with Gasteiger partial charge >= 0.3 is 6.03 Å². The Balaban J connectivity index is 1.39. The van der Waals surface area contributed by atoms with Gasteiger partial charge in [0.2, 0.25) is 5.91 Å². The molecule has 1 saturated carbocycles. The molecule has 0 spiro atoms. The molecule has 1 heterocycles. The molecule has 1 atom stereocenters. The number of urea groups is 1. The number of rotatable bonds is 5. The van der Waals surface area contributed by atoms with E-state index in [-0.39, 0.29) is 18.4 Å². The summed E-state index contributed by atoms with van der Waals surface area (Å²) in [7, 11) is 0. The Morgan fingerprint density at radius 2 is 1.70 bits per heavy atom. The highest BCUT2D eigenvalue weighted by Crippen LogP contribution is 2.42. The number of hydrogen-bond donors (Lipinski definition) is 2. The molecule has 1 saturated heterocycles. The second kappa shape index (κ2) is 6.54. The van der Waals surface area contributed by atoms with Crippen molar-refractivity contribution in [2.45, 2.75) is 25.3 Å². The Morgan fingerprint density at radius 3 is 2.33 bits per heavy atom. The molecule has 0 aromatic heterocycles. The van der Waals surface area contributed by atoms with Crippen LogP contribution >= 0.6 is 0 Å². The maximum Gasteiger partial charge on any atom is 0.325 e. The molecule has 4 rings (SSSR count). The molecular formula is C21H21N3O3. The first-order valence-corrected chi connectivity index (χ1v) is 9.07. The molecule has 0 bridgehead atoms. The third kappa shape index (κ3) is 3.30. The van der Waals surface area contributed by atoms with Crippen molar-refractivity contribution in [3.8, 4) is 11.1 Å². The molecule has 2 N–H and O–H groups in total. The van der Waals surface area contributed by atoms with Crippen molar-refractivity contribution in [2.75, 3.05) is 11.9 Å². The molecule has 2 fully saturated rings. The van der Waals surface area contributed by atoms with Crippen molar-refractivity contribution in [3.05, 3.63) is 54.6 Å². The molecule has 2 aromatic rings. The minimum atomic E-state index is -0.866. The van der Waals surface area contributed by atoms with Gasteiger partial charge in [-0.2, -0.15) is 0 Å². The number of amides is 4. The monoisotopic (exact) mass is 363 g/mol. The summed E-state index contributed by atoms with van der Waals surface area (Å²) < 4.78 is 0. The molecule has 2 aliphatic rings. The molecule has 6 heteroatoms. The van der Waals surface area contributed by atoms with Crippen molar-refractivity contribution < 1.29 is 14.4 Å². The molecule has 27 heavy (non-hydrogen) atoms. The Morgan fingerprint density at radius 1 is 1.07 bits per heavy atom. The maximum atomic E-state index is 12.6. The number of carbonyl (C=O) groups is 3. The van der Waals surface area contributed by atoms with Gasteiger partial charge in [-0.1, -0.05) is 42.5 Å². The number of benzene rings is 2. The zero-order valence-corrected chi connectivity index (χ0v) is 15.1. The van der Waals surface area contributed by atoms with E-state index in [1.807, 2.05) is 42.5 Å². The van der Waals surface area contributed by atoms with Crippen molar-refractivity contribution in [1.82, 2.24) is 10.2 Å². The van der Waals surface area contributed by atoms with Gasteiger partial charge in [-0.05, 0) is 48.9 Å². The number of hydrogen-bond acceptors (Lipinski definition) is 3. The summed E-state index contributed by atoms with van der Waals surface area (Å²) in [6.45, 7) is 1.46. The van der Waals surface area contributed by atoms with Gasteiger partial charge in [0.05, 0.1) is 0 Å². The summed E-state index contributed by atoms with van der Waals surface area (Å²) in [5.74, 6) is -0.539. The lowest BCUT2D eigenvalue weighted by Gasteiger charge is -2.20. The normalized spacial score (nSPS) is 21.9. The van der Waals surface area contributed by atoms with Crippen LogP contribution in [0.3, 0.4) is 0 Å². The first kappa shape index (κ1) is 17.3. The number of imide groups is 1. The van der Waals surface area contributed by atoms with E-state index in [9.17, 15) is 14.4 Å². The van der Waals surface area contributed by atoms with Crippen LogP contribution in [-0.2, 0) is 9.59 Å². The molecule has 0 radical (unpaired) electrons. The summed E-state index contributed by atoms with van der Waals surface area (Å²) >= 11 is 0. The van der Waals surface area contributed by atoms with Crippen LogP contribution in [0.5, 0.6) is 0 Å². The van der Waals surface area contributed by atoms with E-state index in [1.54, 1.807) is 19.1 Å². The SMILES string of the molecule is C[C@@]1(C2CC2)NC(=O)N(CC(=O)Nc2ccc(-c3ccccc3)cc2)C1=O. The molecule has 4 amide bonds. The van der Waals surface area contributed by atoms with Gasteiger partial charge < -0.3 is 10.6 Å². The average Bonchev–Trinajstić information content (AvgIpc) is 3.49. The molecule has 138 valence electrons. The summed E-state index contributed by atoms with van der Waals surface area (Å²) in [6.07, 6.45) is 1.85. The topological polar surface area (TPSA) is 78.5 Å². The van der Waals surface area contributed by atoms with Gasteiger partial charge in [-0.15, -0.1) is 0 Å². The highest BCUT2D eigenvalue weighted by molar-refractivity contribution is 6.10. The quantitative estimate of drug-likeness (QED) is 0.802. The van der Waals surface area contributed by atoms with E-state index in [4.69, 9.17) is 0 Å². The first-order valence-electron chi connectivity index (χ1n) is 9.07. The highest BCUT2D eigenvalue weighted by atomic mass is 16.2. The van der Waals surface area contributed by atoms with Crippen LogP contribution in [0.2, 0.25) is 0 Å². The Bertz CT molecular complexity index is 891. The smallest absolute Gasteiger partial charge is 0.325 e. The Labute approximate surface area is 157 Å². The fourth-order valence-corrected chi connectivity index (χ4v) is 3.52. The minimum Gasteiger partial charge on any atom is -0.325 e. The van der Waals surface area contributed by atoms with E-state index in [0.29, 0.717) is 5.69 Å². The number of nitrogens with zero attached hydrogens (tertiary/aromatic N) is 1. The van der Waals surface area contributed by atoms with Crippen LogP contribution in [0.1, 0.15) is 19.8 Å². The van der Waals surface area contributed by atoms with Crippen LogP contribution in [0.25, 0.3) is 11.1 Å². The Hall–Kier alpha value is -3.15. The highest BCUT2D eigenvalue weighted by Gasteiger charge is 2.56. The fourth-order valence-electron chi connectivity index (χ4n) is 3.52. The lowest BCUT2D eigenvalue weighted by atomic mass is 9.96. The third-order valence-electron chi connectivity index (χ3n) is 5.27. The van der Waals surface area contributed by atoms with E-state index in [0.717, 1.165) is 28.9 Å². The molecule has 0 unspecified atom stereocenters. The van der Waals surface area contributed by atoms with Gasteiger partial charge in [-0.25, -0.2) is 4.79 Å². The van der Waals surface area contributed by atoms with E-state index < -0.39 is 17.5 Å². The van der Waals surface area contributed by atoms with Crippen LogP contribution in [0.4, 0.5) is 10.5 Å². The third-order valence-corrected chi connectivity index (χ3v) is 5.27. The second-order valence-corrected chi connectivity index (χ2v) is 7.29. The van der Waals surface area contributed by atoms with Gasteiger partial charge in [0.15, 0.2) is 0 Å². The molecule has 6 nitrogen and oxygen atoms in total. The number of anilines is 1. The van der Waals surface area contributed by atoms with Crippen molar-refractivity contribution in [3.63, 3.8) is 0 Å². The van der Waals surface area contributed by atoms with Crippen LogP contribution in [0.15, 0.2) is 54.6 Å². The number of carbonyl (C=O) groups excluding carboxylic acids is 3. The van der Waals surface area contributed by atoms with Crippen LogP contribution in [0, 0.1) is 5.92 Å². The number of nitrogens with one attached hydrogen (secondary N) is 2. The van der Waals surface area contributed by atoms with E-state index in [2.05, 4.69) is 10.6 Å².